The summed E-state index contributed by atoms with van der Waals surface area (Å²) in [5.41, 5.74) is 0.377. The number of non-ortho nitro benzene ring substituents is 1. The highest BCUT2D eigenvalue weighted by Gasteiger charge is 2.30. The van der Waals surface area contributed by atoms with Gasteiger partial charge in [0, 0.05) is 31.1 Å². The summed E-state index contributed by atoms with van der Waals surface area (Å²) in [6.07, 6.45) is 2.84. The van der Waals surface area contributed by atoms with Gasteiger partial charge in [0.1, 0.15) is 6.54 Å². The summed E-state index contributed by atoms with van der Waals surface area (Å²) in [5, 5.41) is 20.4. The van der Waals surface area contributed by atoms with Gasteiger partial charge in [-0.2, -0.15) is 0 Å². The van der Waals surface area contributed by atoms with Crippen LogP contribution in [-0.4, -0.2) is 37.7 Å². The van der Waals surface area contributed by atoms with Crippen LogP contribution in [-0.2, 0) is 20.9 Å². The third-order valence-electron chi connectivity index (χ3n) is 3.65. The number of carbonyl (C=O) groups is 3. The van der Waals surface area contributed by atoms with Gasteiger partial charge in [0.05, 0.1) is 4.92 Å². The maximum Gasteiger partial charge on any atom is 0.322 e. The monoisotopic (exact) mass is 371 g/mol. The number of nitro benzene ring substituents is 1. The largest absolute Gasteiger partial charge is 0.406 e. The highest BCUT2D eigenvalue weighted by atomic mass is 16.6. The molecule has 1 aliphatic heterocycles. The Labute approximate surface area is 151 Å². The Morgan fingerprint density at radius 3 is 2.74 bits per heavy atom. The van der Waals surface area contributed by atoms with Crippen molar-refractivity contribution in [2.75, 3.05) is 5.32 Å². The molecule has 0 saturated carbocycles. The molecule has 3 amide bonds. The van der Waals surface area contributed by atoms with E-state index in [0.717, 1.165) is 11.0 Å². The molecule has 0 unspecified atom stereocenters. The fourth-order valence-electron chi connectivity index (χ4n) is 2.36. The number of aromatic nitrogens is 2. The van der Waals surface area contributed by atoms with Crippen LogP contribution in [0.4, 0.5) is 11.7 Å². The zero-order valence-electron chi connectivity index (χ0n) is 13.8. The van der Waals surface area contributed by atoms with Crippen molar-refractivity contribution < 1.29 is 23.7 Å². The Kier molecular flexibility index (Phi) is 5.01. The number of amides is 3. The van der Waals surface area contributed by atoms with Gasteiger partial charge in [0.25, 0.3) is 11.6 Å². The summed E-state index contributed by atoms with van der Waals surface area (Å²) in [5.74, 6) is -1.21. The van der Waals surface area contributed by atoms with Crippen LogP contribution in [0.2, 0.25) is 0 Å². The van der Waals surface area contributed by atoms with Crippen LogP contribution in [0.5, 0.6) is 0 Å². The predicted molar refractivity (Wildman–Crippen MR) is 89.8 cm³/mol. The lowest BCUT2D eigenvalue weighted by Crippen LogP contribution is -2.28. The van der Waals surface area contributed by atoms with Crippen molar-refractivity contribution >= 4 is 35.5 Å². The average Bonchev–Trinajstić information content (AvgIpc) is 3.21. The molecule has 27 heavy (non-hydrogen) atoms. The van der Waals surface area contributed by atoms with E-state index < -0.39 is 10.8 Å². The molecule has 1 aromatic heterocycles. The summed E-state index contributed by atoms with van der Waals surface area (Å²) < 4.78 is 5.19. The van der Waals surface area contributed by atoms with Gasteiger partial charge in [-0.05, 0) is 11.6 Å². The van der Waals surface area contributed by atoms with E-state index in [9.17, 15) is 24.5 Å². The quantitative estimate of drug-likeness (QED) is 0.345. The number of benzene rings is 1. The molecule has 11 nitrogen and oxygen atoms in total. The fourth-order valence-corrected chi connectivity index (χ4v) is 2.36. The standard InChI is InChI=1S/C16H13N5O6/c22-12(5-4-10-2-1-3-11(8-10)21(25)26)17-16-19-18-13(27-16)9-20-14(23)6-7-15(20)24/h1-5,8H,6-7,9H2,(H,17,19,22)/b5-4+. The lowest BCUT2D eigenvalue weighted by Gasteiger charge is -2.09. The SMILES string of the molecule is O=C(/C=C/c1cccc([N+](=O)[O-])c1)Nc1nnc(CN2C(=O)CCC2=O)o1. The summed E-state index contributed by atoms with van der Waals surface area (Å²) in [7, 11) is 0. The Morgan fingerprint density at radius 2 is 2.04 bits per heavy atom. The smallest absolute Gasteiger partial charge is 0.322 e. The van der Waals surface area contributed by atoms with E-state index in [1.807, 2.05) is 0 Å². The lowest BCUT2D eigenvalue weighted by atomic mass is 10.2. The predicted octanol–water partition coefficient (Wildman–Crippen LogP) is 1.28. The van der Waals surface area contributed by atoms with Gasteiger partial charge in [-0.3, -0.25) is 34.7 Å². The molecule has 2 aromatic rings. The first-order valence-corrected chi connectivity index (χ1v) is 7.81. The normalized spacial score (nSPS) is 14.1. The third-order valence-corrected chi connectivity index (χ3v) is 3.65. The number of nitro groups is 1. The summed E-state index contributed by atoms with van der Waals surface area (Å²) >= 11 is 0. The molecule has 1 aliphatic rings. The zero-order chi connectivity index (χ0) is 19.4. The molecule has 1 fully saturated rings. The van der Waals surface area contributed by atoms with Gasteiger partial charge < -0.3 is 4.42 Å². The second kappa shape index (κ2) is 7.56. The highest BCUT2D eigenvalue weighted by Crippen LogP contribution is 2.17. The number of hydrogen-bond acceptors (Lipinski definition) is 8. The number of nitrogens with zero attached hydrogens (tertiary/aromatic N) is 4. The van der Waals surface area contributed by atoms with Gasteiger partial charge >= 0.3 is 6.01 Å². The number of likely N-dealkylation sites (tertiary alicyclic amines) is 1. The van der Waals surface area contributed by atoms with E-state index in [0.29, 0.717) is 5.56 Å². The minimum absolute atomic E-state index is 0.0107. The molecule has 138 valence electrons. The van der Waals surface area contributed by atoms with E-state index >= 15 is 0 Å². The van der Waals surface area contributed by atoms with E-state index in [-0.39, 0.29) is 48.8 Å². The number of imide groups is 1. The minimum Gasteiger partial charge on any atom is -0.406 e. The van der Waals surface area contributed by atoms with Gasteiger partial charge in [-0.1, -0.05) is 17.2 Å². The van der Waals surface area contributed by atoms with Crippen molar-refractivity contribution in [2.24, 2.45) is 0 Å². The molecule has 1 aromatic carbocycles. The van der Waals surface area contributed by atoms with Crippen molar-refractivity contribution in [3.8, 4) is 0 Å². The molecule has 0 atom stereocenters. The van der Waals surface area contributed by atoms with Crippen LogP contribution >= 0.6 is 0 Å². The first-order chi connectivity index (χ1) is 12.9. The molecule has 1 saturated heterocycles. The van der Waals surface area contributed by atoms with Crippen LogP contribution in [0, 0.1) is 10.1 Å². The van der Waals surface area contributed by atoms with E-state index in [2.05, 4.69) is 15.5 Å². The second-order valence-electron chi connectivity index (χ2n) is 5.55. The third kappa shape index (κ3) is 4.39. The second-order valence-corrected chi connectivity index (χ2v) is 5.55. The molecule has 3 rings (SSSR count). The van der Waals surface area contributed by atoms with Crippen LogP contribution in [0.25, 0.3) is 6.08 Å². The maximum absolute atomic E-state index is 11.9. The highest BCUT2D eigenvalue weighted by molar-refractivity contribution is 6.02. The molecular formula is C16H13N5O6. The van der Waals surface area contributed by atoms with Crippen molar-refractivity contribution in [1.29, 1.82) is 0 Å². The molecule has 0 radical (unpaired) electrons. The Balaban J connectivity index is 1.59. The van der Waals surface area contributed by atoms with Crippen LogP contribution in [0.15, 0.2) is 34.8 Å². The Morgan fingerprint density at radius 1 is 1.30 bits per heavy atom. The van der Waals surface area contributed by atoms with Crippen molar-refractivity contribution in [3.63, 3.8) is 0 Å². The molecular weight excluding hydrogens is 358 g/mol. The molecule has 0 spiro atoms. The van der Waals surface area contributed by atoms with Gasteiger partial charge in [0.2, 0.25) is 17.7 Å². The number of anilines is 1. The number of rotatable bonds is 6. The summed E-state index contributed by atoms with van der Waals surface area (Å²) in [4.78, 5) is 46.2. The fraction of sp³-hybridized carbons (Fsp3) is 0.188. The zero-order valence-corrected chi connectivity index (χ0v) is 13.8. The summed E-state index contributed by atoms with van der Waals surface area (Å²) in [6, 6.07) is 5.57. The molecule has 0 aliphatic carbocycles. The van der Waals surface area contributed by atoms with Crippen molar-refractivity contribution in [3.05, 3.63) is 51.9 Å². The summed E-state index contributed by atoms with van der Waals surface area (Å²) in [6.45, 7) is -0.149. The number of hydrogen-bond donors (Lipinski definition) is 1. The Bertz CT molecular complexity index is 934. The molecule has 0 bridgehead atoms. The van der Waals surface area contributed by atoms with Crippen LogP contribution in [0.1, 0.15) is 24.3 Å². The van der Waals surface area contributed by atoms with Crippen LogP contribution < -0.4 is 5.32 Å². The number of carbonyl (C=O) groups excluding carboxylic acids is 3. The van der Waals surface area contributed by atoms with E-state index in [4.69, 9.17) is 4.42 Å². The lowest BCUT2D eigenvalue weighted by molar-refractivity contribution is -0.384. The first kappa shape index (κ1) is 17.9. The van der Waals surface area contributed by atoms with Crippen molar-refractivity contribution in [1.82, 2.24) is 15.1 Å². The Hall–Kier alpha value is -3.89. The van der Waals surface area contributed by atoms with E-state index in [1.54, 1.807) is 6.07 Å². The van der Waals surface area contributed by atoms with Gasteiger partial charge in [-0.15, -0.1) is 5.10 Å². The molecule has 2 heterocycles. The topological polar surface area (TPSA) is 149 Å². The average molecular weight is 371 g/mol. The van der Waals surface area contributed by atoms with Gasteiger partial charge in [0.15, 0.2) is 0 Å². The maximum atomic E-state index is 11.9. The van der Waals surface area contributed by atoms with E-state index in [1.165, 1.54) is 24.3 Å². The minimum atomic E-state index is -0.593. The molecule has 11 heteroatoms. The van der Waals surface area contributed by atoms with Gasteiger partial charge in [-0.25, -0.2) is 0 Å². The molecule has 1 N–H and O–H groups in total. The number of nitrogens with one attached hydrogen (secondary N) is 1. The first-order valence-electron chi connectivity index (χ1n) is 7.81. The van der Waals surface area contributed by atoms with Crippen molar-refractivity contribution in [2.45, 2.75) is 19.4 Å². The van der Waals surface area contributed by atoms with Crippen LogP contribution in [0.3, 0.4) is 0 Å².